The number of nitrogens with zero attached hydrogens (tertiary/aromatic N) is 1. The molecule has 6 nitrogen and oxygen atoms in total. The summed E-state index contributed by atoms with van der Waals surface area (Å²) in [7, 11) is 1.55. The number of ether oxygens (including phenoxy) is 1. The molecule has 2 rings (SSSR count). The fourth-order valence-electron chi connectivity index (χ4n) is 2.08. The van der Waals surface area contributed by atoms with Gasteiger partial charge >= 0.3 is 6.36 Å². The van der Waals surface area contributed by atoms with Crippen LogP contribution < -0.4 is 14.8 Å². The van der Waals surface area contributed by atoms with E-state index in [1.807, 2.05) is 0 Å². The molecule has 0 spiro atoms. The highest BCUT2D eigenvalue weighted by atomic mass is 35.5. The fourth-order valence-corrected chi connectivity index (χ4v) is 3.17. The highest BCUT2D eigenvalue weighted by Gasteiger charge is 2.32. The van der Waals surface area contributed by atoms with Crippen molar-refractivity contribution in [3.63, 3.8) is 0 Å². The van der Waals surface area contributed by atoms with Crippen LogP contribution in [0.2, 0.25) is 10.0 Å². The van der Waals surface area contributed by atoms with E-state index in [1.165, 1.54) is 29.8 Å². The van der Waals surface area contributed by atoms with Crippen LogP contribution in [0.1, 0.15) is 17.4 Å². The third-order valence-corrected chi connectivity index (χ3v) is 4.65. The molecule has 1 amide bonds. The summed E-state index contributed by atoms with van der Waals surface area (Å²) in [5.41, 5.74) is 0.616. The van der Waals surface area contributed by atoms with E-state index in [-0.39, 0.29) is 27.1 Å². The van der Waals surface area contributed by atoms with Crippen molar-refractivity contribution in [2.24, 2.45) is 7.05 Å². The lowest BCUT2D eigenvalue weighted by Crippen LogP contribution is -2.30. The van der Waals surface area contributed by atoms with E-state index in [4.69, 9.17) is 23.2 Å². The first-order valence-electron chi connectivity index (χ1n) is 7.51. The first kappa shape index (κ1) is 22.6. The van der Waals surface area contributed by atoms with Crippen LogP contribution >= 0.6 is 35.3 Å². The molecule has 28 heavy (non-hydrogen) atoms. The summed E-state index contributed by atoms with van der Waals surface area (Å²) < 4.78 is 59.7. The number of nitrogens with one attached hydrogen (secondary N) is 3. The van der Waals surface area contributed by atoms with Gasteiger partial charge in [-0.1, -0.05) is 23.2 Å². The average Bonchev–Trinajstić information content (AvgIpc) is 2.83. The van der Waals surface area contributed by atoms with Crippen molar-refractivity contribution >= 4 is 52.6 Å². The molecule has 0 bridgehead atoms. The smallest absolute Gasteiger partial charge is 0.343 e. The van der Waals surface area contributed by atoms with Crippen LogP contribution in [-0.4, -0.2) is 23.1 Å². The van der Waals surface area contributed by atoms with Gasteiger partial charge in [-0.15, -0.1) is 13.2 Å². The van der Waals surface area contributed by atoms with E-state index in [2.05, 4.69) is 19.5 Å². The van der Waals surface area contributed by atoms with Crippen LogP contribution in [0.3, 0.4) is 0 Å². The number of halogens is 6. The number of hydrogen-bond acceptors (Lipinski definition) is 5. The number of alkyl halides is 3. The number of aryl methyl sites for hydroxylation is 1. The highest BCUT2D eigenvalue weighted by molar-refractivity contribution is 7.98. The molecular weight excluding hydrogens is 447 g/mol. The standard InChI is InChI=1S/C15H14Cl2F4N4O2S/c1-7(27-15(19,20)21)23-28-24-11-6-25(2)13(12(11)17)14(26)22-8-3-4-10(18)9(16)5-8/h3-7,23-24H,1-2H3,(H,22,26). The van der Waals surface area contributed by atoms with Crippen LogP contribution in [0.4, 0.5) is 28.9 Å². The second kappa shape index (κ2) is 9.23. The molecule has 3 N–H and O–H groups in total. The third kappa shape index (κ3) is 6.17. The lowest BCUT2D eigenvalue weighted by Gasteiger charge is -2.15. The van der Waals surface area contributed by atoms with Crippen LogP contribution in [0.5, 0.6) is 0 Å². The summed E-state index contributed by atoms with van der Waals surface area (Å²) in [6.07, 6.45) is -4.63. The summed E-state index contributed by atoms with van der Waals surface area (Å²) in [5, 5.41) is 2.41. The number of hydrogen-bond donors (Lipinski definition) is 3. The number of anilines is 2. The molecule has 0 aliphatic rings. The first-order chi connectivity index (χ1) is 13.0. The van der Waals surface area contributed by atoms with Gasteiger partial charge in [-0.25, -0.2) is 9.11 Å². The number of benzene rings is 1. The predicted octanol–water partition coefficient (Wildman–Crippen LogP) is 5.17. The molecule has 0 saturated heterocycles. The normalized spacial score (nSPS) is 12.7. The molecule has 0 fully saturated rings. The maximum Gasteiger partial charge on any atom is 0.524 e. The maximum atomic E-state index is 13.2. The summed E-state index contributed by atoms with van der Waals surface area (Å²) in [6, 6.07) is 3.67. The quantitative estimate of drug-likeness (QED) is 0.302. The van der Waals surface area contributed by atoms with Crippen LogP contribution in [0.25, 0.3) is 0 Å². The molecule has 1 aromatic carbocycles. The van der Waals surface area contributed by atoms with E-state index in [0.717, 1.165) is 6.07 Å². The van der Waals surface area contributed by atoms with Gasteiger partial charge in [0.25, 0.3) is 5.91 Å². The van der Waals surface area contributed by atoms with Crippen molar-refractivity contribution in [3.8, 4) is 0 Å². The van der Waals surface area contributed by atoms with Gasteiger partial charge in [0.15, 0.2) is 0 Å². The molecular formula is C15H14Cl2F4N4O2S. The Balaban J connectivity index is 2.02. The zero-order chi connectivity index (χ0) is 21.1. The predicted molar refractivity (Wildman–Crippen MR) is 101 cm³/mol. The van der Waals surface area contributed by atoms with Gasteiger partial charge in [0.1, 0.15) is 17.7 Å². The molecule has 0 aliphatic carbocycles. The topological polar surface area (TPSA) is 67.3 Å². The van der Waals surface area contributed by atoms with E-state index in [9.17, 15) is 22.4 Å². The van der Waals surface area contributed by atoms with E-state index in [1.54, 1.807) is 7.05 Å². The Morgan fingerprint density at radius 1 is 1.32 bits per heavy atom. The number of aromatic nitrogens is 1. The van der Waals surface area contributed by atoms with Crippen molar-refractivity contribution in [1.29, 1.82) is 0 Å². The fraction of sp³-hybridized carbons (Fsp3) is 0.267. The minimum atomic E-state index is -4.77. The molecule has 154 valence electrons. The maximum absolute atomic E-state index is 13.2. The van der Waals surface area contributed by atoms with Crippen molar-refractivity contribution in [3.05, 3.63) is 46.0 Å². The Kier molecular flexibility index (Phi) is 7.46. The van der Waals surface area contributed by atoms with Crippen molar-refractivity contribution in [2.75, 3.05) is 10.0 Å². The Morgan fingerprint density at radius 3 is 2.61 bits per heavy atom. The number of rotatable bonds is 7. The molecule has 1 aromatic heterocycles. The summed E-state index contributed by atoms with van der Waals surface area (Å²) >= 11 is 12.6. The van der Waals surface area contributed by atoms with Gasteiger partial charge in [0, 0.05) is 31.1 Å². The Hall–Kier alpha value is -1.66. The van der Waals surface area contributed by atoms with Crippen molar-refractivity contribution < 1.29 is 27.1 Å². The minimum Gasteiger partial charge on any atom is -0.343 e. The van der Waals surface area contributed by atoms with Crippen LogP contribution in [-0.2, 0) is 11.8 Å². The van der Waals surface area contributed by atoms with Gasteiger partial charge in [-0.05, 0) is 25.1 Å². The average molecular weight is 461 g/mol. The number of amides is 1. The van der Waals surface area contributed by atoms with E-state index in [0.29, 0.717) is 12.1 Å². The molecule has 0 aliphatic heterocycles. The summed E-state index contributed by atoms with van der Waals surface area (Å²) in [5.74, 6) is -1.22. The zero-order valence-electron chi connectivity index (χ0n) is 14.3. The first-order valence-corrected chi connectivity index (χ1v) is 9.08. The lowest BCUT2D eigenvalue weighted by atomic mass is 10.3. The molecule has 13 heteroatoms. The largest absolute Gasteiger partial charge is 0.524 e. The lowest BCUT2D eigenvalue weighted by molar-refractivity contribution is -0.341. The summed E-state index contributed by atoms with van der Waals surface area (Å²) in [6.45, 7) is 1.17. The zero-order valence-corrected chi connectivity index (χ0v) is 16.7. The number of carbonyl (C=O) groups is 1. The van der Waals surface area contributed by atoms with Crippen molar-refractivity contribution in [1.82, 2.24) is 9.29 Å². The molecule has 0 saturated carbocycles. The Morgan fingerprint density at radius 2 is 2.00 bits per heavy atom. The van der Waals surface area contributed by atoms with Crippen LogP contribution in [0, 0.1) is 5.82 Å². The van der Waals surface area contributed by atoms with Gasteiger partial charge < -0.3 is 14.6 Å². The molecule has 1 heterocycles. The SMILES string of the molecule is CC(NSNc1cn(C)c(C(=O)Nc2ccc(F)c(Cl)c2)c1Cl)OC(F)(F)F. The monoisotopic (exact) mass is 460 g/mol. The second-order valence-electron chi connectivity index (χ2n) is 5.43. The molecule has 2 aromatic rings. The van der Waals surface area contributed by atoms with Gasteiger partial charge in [0.2, 0.25) is 0 Å². The van der Waals surface area contributed by atoms with Crippen LogP contribution in [0.15, 0.2) is 24.4 Å². The van der Waals surface area contributed by atoms with Gasteiger partial charge in [0.05, 0.1) is 15.7 Å². The van der Waals surface area contributed by atoms with E-state index < -0.39 is 24.3 Å². The minimum absolute atomic E-state index is 0.0342. The highest BCUT2D eigenvalue weighted by Crippen LogP contribution is 2.30. The second-order valence-corrected chi connectivity index (χ2v) is 6.86. The summed E-state index contributed by atoms with van der Waals surface area (Å²) in [4.78, 5) is 12.5. The Labute approximate surface area is 171 Å². The molecule has 1 atom stereocenters. The van der Waals surface area contributed by atoms with Gasteiger partial charge in [-0.2, -0.15) is 0 Å². The number of carbonyl (C=O) groups excluding carboxylic acids is 1. The van der Waals surface area contributed by atoms with Crippen molar-refractivity contribution in [2.45, 2.75) is 19.5 Å². The molecule has 1 unspecified atom stereocenters. The molecule has 0 radical (unpaired) electrons. The Bertz CT molecular complexity index is 863. The van der Waals surface area contributed by atoms with E-state index >= 15 is 0 Å². The third-order valence-electron chi connectivity index (χ3n) is 3.21. The van der Waals surface area contributed by atoms with Gasteiger partial charge in [-0.3, -0.25) is 9.53 Å².